The summed E-state index contributed by atoms with van der Waals surface area (Å²) in [5.41, 5.74) is 1.40. The lowest BCUT2D eigenvalue weighted by Crippen LogP contribution is -2.51. The lowest BCUT2D eigenvalue weighted by molar-refractivity contribution is 0.134. The van der Waals surface area contributed by atoms with Crippen LogP contribution in [0.5, 0.6) is 0 Å². The van der Waals surface area contributed by atoms with Crippen molar-refractivity contribution in [3.8, 4) is 0 Å². The van der Waals surface area contributed by atoms with E-state index < -0.39 is 0 Å². The van der Waals surface area contributed by atoms with Gasteiger partial charge in [0.25, 0.3) is 0 Å². The van der Waals surface area contributed by atoms with Crippen molar-refractivity contribution in [3.05, 3.63) is 48.0 Å². The van der Waals surface area contributed by atoms with Crippen LogP contribution in [-0.2, 0) is 6.54 Å². The Morgan fingerprint density at radius 3 is 2.73 bits per heavy atom. The van der Waals surface area contributed by atoms with Gasteiger partial charge in [-0.2, -0.15) is 0 Å². The minimum atomic E-state index is 0. The highest BCUT2D eigenvalue weighted by molar-refractivity contribution is 14.0. The summed E-state index contributed by atoms with van der Waals surface area (Å²) in [5.74, 6) is 0.959. The summed E-state index contributed by atoms with van der Waals surface area (Å²) in [6.07, 6.45) is 7.57. The fourth-order valence-electron chi connectivity index (χ4n) is 3.34. The van der Waals surface area contributed by atoms with E-state index in [2.05, 4.69) is 83.8 Å². The lowest BCUT2D eigenvalue weighted by Gasteiger charge is -2.38. The zero-order valence-corrected chi connectivity index (χ0v) is 18.8. The Hall–Kier alpha value is -1.08. The lowest BCUT2D eigenvalue weighted by atomic mass is 9.97. The molecule has 26 heavy (non-hydrogen) atoms. The van der Waals surface area contributed by atoms with Gasteiger partial charge in [-0.15, -0.1) is 24.0 Å². The smallest absolute Gasteiger partial charge is 0.191 e. The molecule has 146 valence electrons. The number of allylic oxidation sites excluding steroid dienone is 1. The summed E-state index contributed by atoms with van der Waals surface area (Å²) in [5, 5.41) is 7.01. The van der Waals surface area contributed by atoms with Crippen molar-refractivity contribution in [2.24, 2.45) is 4.99 Å². The summed E-state index contributed by atoms with van der Waals surface area (Å²) in [7, 11) is 0. The molecule has 0 amide bonds. The van der Waals surface area contributed by atoms with Gasteiger partial charge in [-0.25, -0.2) is 0 Å². The number of rotatable bonds is 7. The van der Waals surface area contributed by atoms with Crippen LogP contribution in [0.3, 0.4) is 0 Å². The maximum absolute atomic E-state index is 4.69. The molecule has 0 bridgehead atoms. The predicted octanol–water partition coefficient (Wildman–Crippen LogP) is 4.18. The fourth-order valence-corrected chi connectivity index (χ4v) is 3.34. The first-order chi connectivity index (χ1) is 12.2. The summed E-state index contributed by atoms with van der Waals surface area (Å²) in [6, 6.07) is 11.9. The monoisotopic (exact) mass is 470 g/mol. The van der Waals surface area contributed by atoms with Crippen LogP contribution in [0.25, 0.3) is 0 Å². The number of likely N-dealkylation sites (tertiary alicyclic amines) is 1. The maximum Gasteiger partial charge on any atom is 0.191 e. The molecule has 1 aliphatic heterocycles. The first kappa shape index (κ1) is 23.0. The zero-order chi connectivity index (χ0) is 17.9. The second-order valence-electron chi connectivity index (χ2n) is 6.79. The van der Waals surface area contributed by atoms with Gasteiger partial charge in [0.15, 0.2) is 5.96 Å². The second-order valence-corrected chi connectivity index (χ2v) is 6.79. The Bertz CT molecular complexity index is 544. The molecule has 1 fully saturated rings. The van der Waals surface area contributed by atoms with Gasteiger partial charge in [0.1, 0.15) is 0 Å². The molecule has 4 nitrogen and oxygen atoms in total. The predicted molar refractivity (Wildman–Crippen MR) is 123 cm³/mol. The number of piperidine rings is 1. The van der Waals surface area contributed by atoms with E-state index in [1.165, 1.54) is 5.56 Å². The van der Waals surface area contributed by atoms with Crippen LogP contribution in [0.15, 0.2) is 47.5 Å². The van der Waals surface area contributed by atoms with Crippen LogP contribution >= 0.6 is 24.0 Å². The molecule has 5 heteroatoms. The van der Waals surface area contributed by atoms with Crippen LogP contribution in [0, 0.1) is 0 Å². The maximum atomic E-state index is 4.69. The quantitative estimate of drug-likeness (QED) is 0.207. The normalized spacial score (nSPS) is 21.4. The van der Waals surface area contributed by atoms with E-state index in [9.17, 15) is 0 Å². The molecule has 1 heterocycles. The van der Waals surface area contributed by atoms with Crippen molar-refractivity contribution >= 4 is 29.9 Å². The Balaban J connectivity index is 0.00000338. The SMILES string of the molecule is C/C=C/CCN=C(NCC)NC1CCN(Cc2ccccc2)C(C)C1.I. The molecule has 2 rings (SSSR count). The third kappa shape index (κ3) is 8.08. The number of nitrogens with zero attached hydrogens (tertiary/aromatic N) is 2. The van der Waals surface area contributed by atoms with Crippen molar-refractivity contribution in [3.63, 3.8) is 0 Å². The van der Waals surface area contributed by atoms with Crippen molar-refractivity contribution in [1.82, 2.24) is 15.5 Å². The van der Waals surface area contributed by atoms with Gasteiger partial charge in [0.2, 0.25) is 0 Å². The molecule has 1 aliphatic rings. The number of hydrogen-bond acceptors (Lipinski definition) is 2. The molecule has 0 saturated carbocycles. The number of halogens is 1. The third-order valence-corrected chi connectivity index (χ3v) is 4.73. The van der Waals surface area contributed by atoms with E-state index in [0.717, 1.165) is 51.4 Å². The van der Waals surface area contributed by atoms with Crippen LogP contribution in [0.2, 0.25) is 0 Å². The molecule has 0 radical (unpaired) electrons. The van der Waals surface area contributed by atoms with Crippen LogP contribution < -0.4 is 10.6 Å². The molecule has 0 aromatic heterocycles. The van der Waals surface area contributed by atoms with E-state index in [1.54, 1.807) is 0 Å². The van der Waals surface area contributed by atoms with E-state index >= 15 is 0 Å². The molecule has 2 atom stereocenters. The van der Waals surface area contributed by atoms with Crippen molar-refractivity contribution < 1.29 is 0 Å². The molecular weight excluding hydrogens is 435 g/mol. The van der Waals surface area contributed by atoms with Gasteiger partial charge in [-0.1, -0.05) is 42.5 Å². The molecule has 0 aliphatic carbocycles. The molecule has 1 aromatic carbocycles. The minimum Gasteiger partial charge on any atom is -0.357 e. The molecule has 1 aromatic rings. The molecule has 2 N–H and O–H groups in total. The molecule has 2 unspecified atom stereocenters. The van der Waals surface area contributed by atoms with Gasteiger partial charge in [0.05, 0.1) is 0 Å². The largest absolute Gasteiger partial charge is 0.357 e. The van der Waals surface area contributed by atoms with Crippen LogP contribution in [-0.4, -0.2) is 42.6 Å². The van der Waals surface area contributed by atoms with Gasteiger partial charge >= 0.3 is 0 Å². The summed E-state index contributed by atoms with van der Waals surface area (Å²) in [4.78, 5) is 7.27. The topological polar surface area (TPSA) is 39.7 Å². The number of nitrogens with one attached hydrogen (secondary N) is 2. The first-order valence-corrected chi connectivity index (χ1v) is 9.67. The van der Waals surface area contributed by atoms with Gasteiger partial charge < -0.3 is 10.6 Å². The highest BCUT2D eigenvalue weighted by Gasteiger charge is 2.25. The minimum absolute atomic E-state index is 0. The standard InChI is InChI=1S/C21H34N4.HI/c1-4-6-10-14-23-21(22-5-2)24-20-13-15-25(18(3)16-20)17-19-11-8-7-9-12-19;/h4,6-9,11-12,18,20H,5,10,13-17H2,1-3H3,(H2,22,23,24);1H/b6-4+;. The fraction of sp³-hybridized carbons (Fsp3) is 0.571. The summed E-state index contributed by atoms with van der Waals surface area (Å²) >= 11 is 0. The van der Waals surface area contributed by atoms with Crippen molar-refractivity contribution in [1.29, 1.82) is 0 Å². The van der Waals surface area contributed by atoms with Crippen LogP contribution in [0.1, 0.15) is 45.6 Å². The highest BCUT2D eigenvalue weighted by atomic mass is 127. The highest BCUT2D eigenvalue weighted by Crippen LogP contribution is 2.19. The molecule has 0 spiro atoms. The van der Waals surface area contributed by atoms with E-state index in [1.807, 2.05) is 0 Å². The first-order valence-electron chi connectivity index (χ1n) is 9.67. The average molecular weight is 470 g/mol. The zero-order valence-electron chi connectivity index (χ0n) is 16.4. The van der Waals surface area contributed by atoms with E-state index in [4.69, 9.17) is 0 Å². The summed E-state index contributed by atoms with van der Waals surface area (Å²) < 4.78 is 0. The number of aliphatic imine (C=N–C) groups is 1. The summed E-state index contributed by atoms with van der Waals surface area (Å²) in [6.45, 7) is 10.4. The van der Waals surface area contributed by atoms with E-state index in [-0.39, 0.29) is 24.0 Å². The van der Waals surface area contributed by atoms with Gasteiger partial charge in [-0.3, -0.25) is 9.89 Å². The third-order valence-electron chi connectivity index (χ3n) is 4.73. The van der Waals surface area contributed by atoms with E-state index in [0.29, 0.717) is 12.1 Å². The number of guanidine groups is 1. The van der Waals surface area contributed by atoms with Crippen molar-refractivity contribution in [2.75, 3.05) is 19.6 Å². The van der Waals surface area contributed by atoms with Gasteiger partial charge in [-0.05, 0) is 45.6 Å². The Morgan fingerprint density at radius 2 is 2.08 bits per heavy atom. The Kier molecular flexibility index (Phi) is 11.6. The second kappa shape index (κ2) is 13.1. The van der Waals surface area contributed by atoms with Crippen LogP contribution in [0.4, 0.5) is 0 Å². The molecule has 1 saturated heterocycles. The Labute approximate surface area is 176 Å². The number of benzene rings is 1. The number of hydrogen-bond donors (Lipinski definition) is 2. The average Bonchev–Trinajstić information content (AvgIpc) is 2.62. The van der Waals surface area contributed by atoms with Gasteiger partial charge in [0, 0.05) is 38.3 Å². The molecular formula is C21H35IN4. The van der Waals surface area contributed by atoms with Crippen molar-refractivity contribution in [2.45, 2.75) is 58.7 Å². The Morgan fingerprint density at radius 1 is 1.31 bits per heavy atom.